The second-order valence-electron chi connectivity index (χ2n) is 5.21. The second kappa shape index (κ2) is 8.20. The van der Waals surface area contributed by atoms with Crippen molar-refractivity contribution in [1.82, 2.24) is 5.32 Å². The Kier molecular flexibility index (Phi) is 6.27. The molecule has 2 nitrogen and oxygen atoms in total. The predicted molar refractivity (Wildman–Crippen MR) is 84.2 cm³/mol. The fourth-order valence-electron chi connectivity index (χ4n) is 2.36. The number of halogens is 2. The van der Waals surface area contributed by atoms with Crippen molar-refractivity contribution in [2.24, 2.45) is 0 Å². The van der Waals surface area contributed by atoms with Crippen LogP contribution in [-0.2, 0) is 12.8 Å². The Hall–Kier alpha value is -1.32. The van der Waals surface area contributed by atoms with Crippen LogP contribution in [0, 0.1) is 5.82 Å². The van der Waals surface area contributed by atoms with Crippen LogP contribution < -0.4 is 5.32 Å². The number of aryl methyl sites for hydroxylation is 1. The second-order valence-corrected chi connectivity index (χ2v) is 5.62. The maximum atomic E-state index is 13.4. The van der Waals surface area contributed by atoms with Gasteiger partial charge in [0.05, 0.1) is 6.26 Å². The molecule has 0 amide bonds. The van der Waals surface area contributed by atoms with E-state index >= 15 is 0 Å². The van der Waals surface area contributed by atoms with Crippen LogP contribution in [0.3, 0.4) is 0 Å². The molecule has 114 valence electrons. The summed E-state index contributed by atoms with van der Waals surface area (Å²) in [5.41, 5.74) is 0.852. The van der Waals surface area contributed by atoms with Crippen molar-refractivity contribution in [3.8, 4) is 0 Å². The number of hydrogen-bond donors (Lipinski definition) is 1. The van der Waals surface area contributed by atoms with Crippen LogP contribution in [0.25, 0.3) is 0 Å². The quantitative estimate of drug-likeness (QED) is 0.770. The maximum absolute atomic E-state index is 13.4. The number of benzene rings is 1. The molecule has 1 aromatic carbocycles. The lowest BCUT2D eigenvalue weighted by atomic mass is 10.0. The fourth-order valence-corrected chi connectivity index (χ4v) is 2.56. The van der Waals surface area contributed by atoms with E-state index in [9.17, 15) is 4.39 Å². The van der Waals surface area contributed by atoms with E-state index in [1.165, 1.54) is 12.1 Å². The summed E-state index contributed by atoms with van der Waals surface area (Å²) in [6.07, 6.45) is 5.26. The molecule has 0 saturated heterocycles. The molecule has 1 N–H and O–H groups in total. The molecule has 0 spiro atoms. The minimum absolute atomic E-state index is 0.241. The first-order chi connectivity index (χ1) is 10.2. The molecule has 0 saturated carbocycles. The average molecular weight is 310 g/mol. The lowest BCUT2D eigenvalue weighted by Gasteiger charge is -2.19. The summed E-state index contributed by atoms with van der Waals surface area (Å²) in [5, 5.41) is 4.13. The molecule has 0 fully saturated rings. The number of nitrogens with one attached hydrogen (secondary N) is 1. The first-order valence-electron chi connectivity index (χ1n) is 7.38. The zero-order valence-electron chi connectivity index (χ0n) is 12.2. The van der Waals surface area contributed by atoms with Gasteiger partial charge in [0.2, 0.25) is 0 Å². The molecule has 0 bridgehead atoms. The highest BCUT2D eigenvalue weighted by atomic mass is 35.5. The number of hydrogen-bond acceptors (Lipinski definition) is 2. The summed E-state index contributed by atoms with van der Waals surface area (Å²) in [6.45, 7) is 3.07. The third kappa shape index (κ3) is 5.18. The highest BCUT2D eigenvalue weighted by Gasteiger charge is 2.13. The van der Waals surface area contributed by atoms with E-state index in [-0.39, 0.29) is 11.9 Å². The van der Waals surface area contributed by atoms with Gasteiger partial charge in [-0.2, -0.15) is 0 Å². The Morgan fingerprint density at radius 1 is 1.33 bits per heavy atom. The van der Waals surface area contributed by atoms with Crippen LogP contribution in [0.15, 0.2) is 41.0 Å². The summed E-state index contributed by atoms with van der Waals surface area (Å²) in [7, 11) is 0. The molecule has 0 aliphatic carbocycles. The molecule has 4 heteroatoms. The molecule has 2 rings (SSSR count). The summed E-state index contributed by atoms with van der Waals surface area (Å²) in [6, 6.07) is 8.67. The van der Waals surface area contributed by atoms with E-state index in [4.69, 9.17) is 16.0 Å². The SMILES string of the molecule is CCCNC(CCc1ccco1)Cc1cc(F)ccc1Cl. The summed E-state index contributed by atoms with van der Waals surface area (Å²) >= 11 is 6.16. The fraction of sp³-hybridized carbons (Fsp3) is 0.412. The van der Waals surface area contributed by atoms with Gasteiger partial charge in [0, 0.05) is 17.5 Å². The van der Waals surface area contributed by atoms with Crippen molar-refractivity contribution < 1.29 is 8.81 Å². The molecule has 1 heterocycles. The molecule has 0 aliphatic rings. The zero-order valence-corrected chi connectivity index (χ0v) is 13.0. The van der Waals surface area contributed by atoms with Gasteiger partial charge in [-0.15, -0.1) is 0 Å². The number of furan rings is 1. The standard InChI is InChI=1S/C17H21ClFNO/c1-2-9-20-15(6-7-16-4-3-10-21-16)12-13-11-14(19)5-8-17(13)18/h3-5,8,10-11,15,20H,2,6-7,9,12H2,1H3. The summed E-state index contributed by atoms with van der Waals surface area (Å²) < 4.78 is 18.7. The molecule has 2 aromatic rings. The van der Waals surface area contributed by atoms with Crippen molar-refractivity contribution >= 4 is 11.6 Å². The lowest BCUT2D eigenvalue weighted by molar-refractivity contribution is 0.441. The predicted octanol–water partition coefficient (Wildman–Crippen LogP) is 4.62. The maximum Gasteiger partial charge on any atom is 0.123 e. The van der Waals surface area contributed by atoms with E-state index in [0.29, 0.717) is 5.02 Å². The van der Waals surface area contributed by atoms with Gasteiger partial charge in [0.1, 0.15) is 11.6 Å². The molecule has 1 aromatic heterocycles. The average Bonchev–Trinajstić information content (AvgIpc) is 2.99. The molecular weight excluding hydrogens is 289 g/mol. The van der Waals surface area contributed by atoms with Crippen molar-refractivity contribution in [3.63, 3.8) is 0 Å². The Morgan fingerprint density at radius 3 is 2.90 bits per heavy atom. The van der Waals surface area contributed by atoms with Crippen LogP contribution >= 0.6 is 11.6 Å². The third-order valence-electron chi connectivity index (χ3n) is 3.48. The third-order valence-corrected chi connectivity index (χ3v) is 3.85. The van der Waals surface area contributed by atoms with Gasteiger partial charge >= 0.3 is 0 Å². The van der Waals surface area contributed by atoms with Crippen LogP contribution in [0.5, 0.6) is 0 Å². The lowest BCUT2D eigenvalue weighted by Crippen LogP contribution is -2.32. The van der Waals surface area contributed by atoms with Gasteiger partial charge in [-0.25, -0.2) is 4.39 Å². The van der Waals surface area contributed by atoms with Crippen LogP contribution in [0.4, 0.5) is 4.39 Å². The first kappa shape index (κ1) is 16.1. The molecule has 21 heavy (non-hydrogen) atoms. The van der Waals surface area contributed by atoms with Gasteiger partial charge in [-0.3, -0.25) is 0 Å². The van der Waals surface area contributed by atoms with E-state index in [2.05, 4.69) is 12.2 Å². The van der Waals surface area contributed by atoms with Gasteiger partial charge in [0.25, 0.3) is 0 Å². The Morgan fingerprint density at radius 2 is 2.19 bits per heavy atom. The first-order valence-corrected chi connectivity index (χ1v) is 7.76. The van der Waals surface area contributed by atoms with Crippen molar-refractivity contribution in [2.45, 2.75) is 38.6 Å². The largest absolute Gasteiger partial charge is 0.469 e. The molecular formula is C17H21ClFNO. The van der Waals surface area contributed by atoms with Crippen molar-refractivity contribution in [1.29, 1.82) is 0 Å². The molecule has 0 aliphatic heterocycles. The van der Waals surface area contributed by atoms with Gasteiger partial charge in [-0.05, 0) is 61.7 Å². The molecule has 1 unspecified atom stereocenters. The monoisotopic (exact) mass is 309 g/mol. The van der Waals surface area contributed by atoms with E-state index in [1.54, 1.807) is 12.3 Å². The minimum Gasteiger partial charge on any atom is -0.469 e. The van der Waals surface area contributed by atoms with Gasteiger partial charge in [0.15, 0.2) is 0 Å². The highest BCUT2D eigenvalue weighted by Crippen LogP contribution is 2.20. The van der Waals surface area contributed by atoms with Gasteiger partial charge in [-0.1, -0.05) is 18.5 Å². The van der Waals surface area contributed by atoms with Crippen LogP contribution in [0.1, 0.15) is 31.1 Å². The normalized spacial score (nSPS) is 12.5. The van der Waals surface area contributed by atoms with Crippen molar-refractivity contribution in [2.75, 3.05) is 6.54 Å². The molecule has 1 atom stereocenters. The zero-order chi connectivity index (χ0) is 15.1. The number of rotatable bonds is 8. The van der Waals surface area contributed by atoms with E-state index in [0.717, 1.165) is 43.6 Å². The highest BCUT2D eigenvalue weighted by molar-refractivity contribution is 6.31. The Bertz CT molecular complexity index is 542. The smallest absolute Gasteiger partial charge is 0.123 e. The Labute approximate surface area is 130 Å². The van der Waals surface area contributed by atoms with E-state index < -0.39 is 0 Å². The van der Waals surface area contributed by atoms with Crippen LogP contribution in [0.2, 0.25) is 5.02 Å². The van der Waals surface area contributed by atoms with Gasteiger partial charge < -0.3 is 9.73 Å². The minimum atomic E-state index is -0.241. The van der Waals surface area contributed by atoms with Crippen LogP contribution in [-0.4, -0.2) is 12.6 Å². The molecule has 0 radical (unpaired) electrons. The topological polar surface area (TPSA) is 25.2 Å². The van der Waals surface area contributed by atoms with E-state index in [1.807, 2.05) is 12.1 Å². The summed E-state index contributed by atoms with van der Waals surface area (Å²) in [4.78, 5) is 0. The summed E-state index contributed by atoms with van der Waals surface area (Å²) in [5.74, 6) is 0.735. The van der Waals surface area contributed by atoms with Crippen molar-refractivity contribution in [3.05, 3.63) is 58.8 Å². The Balaban J connectivity index is 1.99.